The number of rotatable bonds is 13. The van der Waals surface area contributed by atoms with E-state index in [0.29, 0.717) is 49.5 Å². The van der Waals surface area contributed by atoms with Crippen LogP contribution < -0.4 is 19.5 Å². The second kappa shape index (κ2) is 17.9. The van der Waals surface area contributed by atoms with Crippen molar-refractivity contribution in [1.29, 1.82) is 0 Å². The number of aliphatic hydroxyl groups excluding tert-OH is 1. The minimum atomic E-state index is -4.69. The third kappa shape index (κ3) is 10.5. The highest BCUT2D eigenvalue weighted by Crippen LogP contribution is 2.39. The number of anilines is 1. The maximum Gasteiger partial charge on any atom is 0.417 e. The zero-order valence-electron chi connectivity index (χ0n) is 33.5. The number of pyridine rings is 1. The minimum absolute atomic E-state index is 0.0706. The highest BCUT2D eigenvalue weighted by molar-refractivity contribution is 7.89. The van der Waals surface area contributed by atoms with Crippen LogP contribution in [0.15, 0.2) is 60.8 Å². The lowest BCUT2D eigenvalue weighted by Crippen LogP contribution is -2.36. The Morgan fingerprint density at radius 3 is 2.17 bits per heavy atom. The van der Waals surface area contributed by atoms with Crippen LogP contribution in [0.4, 0.5) is 18.9 Å². The maximum atomic E-state index is 14.6. The van der Waals surface area contributed by atoms with Gasteiger partial charge >= 0.3 is 6.18 Å². The van der Waals surface area contributed by atoms with Gasteiger partial charge in [-0.1, -0.05) is 42.5 Å². The van der Waals surface area contributed by atoms with E-state index in [1.165, 1.54) is 26.4 Å². The molecule has 59 heavy (non-hydrogen) atoms. The molecule has 314 valence electrons. The van der Waals surface area contributed by atoms with E-state index in [1.807, 2.05) is 48.9 Å². The lowest BCUT2D eigenvalue weighted by atomic mass is 9.92. The molecule has 0 bridgehead atoms. The average molecular weight is 836 g/mol. The number of methoxy groups -OCH3 is 2. The zero-order valence-corrected chi connectivity index (χ0v) is 34.3. The van der Waals surface area contributed by atoms with Crippen LogP contribution in [0.1, 0.15) is 62.3 Å². The molecule has 1 unspecified atom stereocenters. The SMILES string of the molecule is COc1cc(/C=C/c2cccc(-c3cccc(NC(=O)c4cc(OC)c(CN5CC[C@@H](O)C5)cn4)c3C)c2C)c(C(F)(F)F)cc1CN1CCC(C(=O)NS(C)(=O)=O)C1. The number of nitrogens with one attached hydrogen (secondary N) is 2. The second-order valence-electron chi connectivity index (χ2n) is 15.1. The van der Waals surface area contributed by atoms with E-state index in [0.717, 1.165) is 46.7 Å². The first-order valence-corrected chi connectivity index (χ1v) is 21.0. The first kappa shape index (κ1) is 43.3. The van der Waals surface area contributed by atoms with E-state index in [1.54, 1.807) is 29.3 Å². The van der Waals surface area contributed by atoms with Crippen LogP contribution in [0.2, 0.25) is 0 Å². The van der Waals surface area contributed by atoms with E-state index >= 15 is 0 Å². The van der Waals surface area contributed by atoms with Gasteiger partial charge in [-0.3, -0.25) is 29.1 Å². The Morgan fingerprint density at radius 2 is 1.51 bits per heavy atom. The van der Waals surface area contributed by atoms with Gasteiger partial charge in [0.25, 0.3) is 5.91 Å². The summed E-state index contributed by atoms with van der Waals surface area (Å²) in [6.07, 6.45) is 1.56. The summed E-state index contributed by atoms with van der Waals surface area (Å²) in [4.78, 5) is 34.1. The van der Waals surface area contributed by atoms with Gasteiger partial charge in [0.05, 0.1) is 38.1 Å². The Morgan fingerprint density at radius 1 is 0.881 bits per heavy atom. The number of carbonyl (C=O) groups excluding carboxylic acids is 2. The van der Waals surface area contributed by atoms with Crippen LogP contribution in [0.25, 0.3) is 23.3 Å². The molecule has 2 saturated heterocycles. The van der Waals surface area contributed by atoms with Gasteiger partial charge < -0.3 is 19.9 Å². The van der Waals surface area contributed by atoms with Crippen molar-refractivity contribution >= 4 is 39.7 Å². The lowest BCUT2D eigenvalue weighted by molar-refractivity contribution is -0.137. The largest absolute Gasteiger partial charge is 0.496 e. The minimum Gasteiger partial charge on any atom is -0.496 e. The van der Waals surface area contributed by atoms with Crippen LogP contribution >= 0.6 is 0 Å². The zero-order chi connectivity index (χ0) is 42.6. The quantitative estimate of drug-likeness (QED) is 0.131. The summed E-state index contributed by atoms with van der Waals surface area (Å²) in [5, 5.41) is 12.9. The molecule has 16 heteroatoms. The fourth-order valence-electron chi connectivity index (χ4n) is 7.68. The van der Waals surface area contributed by atoms with Crippen LogP contribution in [0.3, 0.4) is 0 Å². The topological polar surface area (TPSA) is 150 Å². The highest BCUT2D eigenvalue weighted by Gasteiger charge is 2.35. The number of hydrogen-bond acceptors (Lipinski definition) is 10. The molecule has 3 aromatic carbocycles. The Labute approximate surface area is 342 Å². The number of alkyl halides is 3. The molecule has 3 heterocycles. The molecule has 1 aromatic heterocycles. The normalized spacial score (nSPS) is 17.7. The average Bonchev–Trinajstić information content (AvgIpc) is 3.83. The number of carbonyl (C=O) groups is 2. The fourth-order valence-corrected chi connectivity index (χ4v) is 8.22. The highest BCUT2D eigenvalue weighted by atomic mass is 32.2. The number of β-amino-alcohol motifs (C(OH)–C–C–N with tert-alkyl or cyclic N) is 1. The van der Waals surface area contributed by atoms with Crippen LogP contribution in [0, 0.1) is 19.8 Å². The van der Waals surface area contributed by atoms with Gasteiger partial charge in [-0.05, 0) is 84.8 Å². The molecule has 2 aliphatic rings. The van der Waals surface area contributed by atoms with E-state index in [-0.39, 0.29) is 41.8 Å². The predicted octanol–water partition coefficient (Wildman–Crippen LogP) is 6.29. The summed E-state index contributed by atoms with van der Waals surface area (Å²) < 4.78 is 79.9. The van der Waals surface area contributed by atoms with Crippen molar-refractivity contribution in [2.45, 2.75) is 52.1 Å². The Kier molecular flexibility index (Phi) is 13.1. The van der Waals surface area contributed by atoms with Crippen molar-refractivity contribution in [2.24, 2.45) is 5.92 Å². The van der Waals surface area contributed by atoms with E-state index in [4.69, 9.17) is 9.47 Å². The van der Waals surface area contributed by atoms with Crippen molar-refractivity contribution in [3.63, 3.8) is 0 Å². The number of aliphatic hydroxyl groups is 1. The van der Waals surface area contributed by atoms with E-state index < -0.39 is 39.5 Å². The van der Waals surface area contributed by atoms with E-state index in [2.05, 4.69) is 15.2 Å². The van der Waals surface area contributed by atoms with E-state index in [9.17, 15) is 36.3 Å². The number of likely N-dealkylation sites (tertiary alicyclic amines) is 2. The molecule has 0 saturated carbocycles. The number of ether oxygens (including phenoxy) is 2. The standard InChI is InChI=1S/C43H48F3N5O7S/c1-26-28(12-13-29-19-39(57-3)31(18-36(29)43(44,45)46)23-50-16-14-30(22-50)41(53)49-59(5,55)56)8-6-9-34(26)35-10-7-11-37(27(35)2)48-42(54)38-20-40(58-4)32(21-47-38)24-51-17-15-33(52)25-51/h6-13,18-21,30,33,52H,14-17,22-25H2,1-5H3,(H,48,54)(H,49,53)/b13-12+/t30?,33-/m1/s1. The predicted molar refractivity (Wildman–Crippen MR) is 219 cm³/mol. The van der Waals surface area contributed by atoms with Gasteiger partial charge in [0.1, 0.15) is 17.2 Å². The first-order chi connectivity index (χ1) is 27.9. The number of benzene rings is 3. The monoisotopic (exact) mass is 835 g/mol. The molecule has 3 N–H and O–H groups in total. The molecule has 12 nitrogen and oxygen atoms in total. The molecule has 2 atom stereocenters. The molecule has 0 spiro atoms. The smallest absolute Gasteiger partial charge is 0.417 e. The molecular weight excluding hydrogens is 788 g/mol. The van der Waals surface area contributed by atoms with Gasteiger partial charge in [-0.25, -0.2) is 8.42 Å². The van der Waals surface area contributed by atoms with Gasteiger partial charge in [0.2, 0.25) is 15.9 Å². The lowest BCUT2D eigenvalue weighted by Gasteiger charge is -2.21. The van der Waals surface area contributed by atoms with Crippen LogP contribution in [-0.2, 0) is 34.1 Å². The van der Waals surface area contributed by atoms with Gasteiger partial charge in [0, 0.05) is 61.8 Å². The summed E-state index contributed by atoms with van der Waals surface area (Å²) in [5.41, 5.74) is 4.80. The maximum absolute atomic E-state index is 14.6. The fraction of sp³-hybridized carbons (Fsp3) is 0.372. The summed E-state index contributed by atoms with van der Waals surface area (Å²) in [6, 6.07) is 15.1. The van der Waals surface area contributed by atoms with Crippen molar-refractivity contribution in [2.75, 3.05) is 52.0 Å². The molecular formula is C43H48F3N5O7S. The molecule has 0 aliphatic carbocycles. The molecule has 2 fully saturated rings. The van der Waals surface area contributed by atoms with Crippen LogP contribution in [0.5, 0.6) is 11.5 Å². The third-order valence-corrected chi connectivity index (χ3v) is 11.4. The van der Waals surface area contributed by atoms with Gasteiger partial charge in [0.15, 0.2) is 0 Å². The third-order valence-electron chi connectivity index (χ3n) is 10.8. The first-order valence-electron chi connectivity index (χ1n) is 19.1. The Hall–Kier alpha value is -5.29. The van der Waals surface area contributed by atoms with Crippen LogP contribution in [-0.4, -0.2) is 92.9 Å². The van der Waals surface area contributed by atoms with Crippen molar-refractivity contribution in [3.8, 4) is 22.6 Å². The van der Waals surface area contributed by atoms with Gasteiger partial charge in [-0.2, -0.15) is 13.2 Å². The molecule has 0 radical (unpaired) electrons. The number of halogens is 3. The molecule has 2 amide bonds. The van der Waals surface area contributed by atoms with Crippen molar-refractivity contribution < 1.29 is 45.8 Å². The number of hydrogen-bond donors (Lipinski definition) is 3. The molecule has 6 rings (SSSR count). The summed E-state index contributed by atoms with van der Waals surface area (Å²) >= 11 is 0. The summed E-state index contributed by atoms with van der Waals surface area (Å²) in [7, 11) is -0.824. The van der Waals surface area contributed by atoms with Crippen molar-refractivity contribution in [1.82, 2.24) is 19.5 Å². The number of sulfonamides is 1. The van der Waals surface area contributed by atoms with Crippen molar-refractivity contribution in [3.05, 3.63) is 105 Å². The Bertz CT molecular complexity index is 2370. The number of aromatic nitrogens is 1. The summed E-state index contributed by atoms with van der Waals surface area (Å²) in [5.74, 6) is -0.916. The van der Waals surface area contributed by atoms with Gasteiger partial charge in [-0.15, -0.1) is 0 Å². The summed E-state index contributed by atoms with van der Waals surface area (Å²) in [6.45, 7) is 6.27. The molecule has 2 aliphatic heterocycles. The Balaban J connectivity index is 1.21. The molecule has 4 aromatic rings. The second-order valence-corrected chi connectivity index (χ2v) is 16.8. The number of nitrogens with zero attached hydrogens (tertiary/aromatic N) is 3. The number of amides is 2.